The van der Waals surface area contributed by atoms with E-state index in [9.17, 15) is 0 Å². The summed E-state index contributed by atoms with van der Waals surface area (Å²) >= 11 is 5.16. The van der Waals surface area contributed by atoms with Crippen LogP contribution in [0.2, 0.25) is 0 Å². The summed E-state index contributed by atoms with van der Waals surface area (Å²) in [4.78, 5) is 0.940. The summed E-state index contributed by atoms with van der Waals surface area (Å²) in [5.74, 6) is 1.97. The zero-order valence-corrected chi connectivity index (χ0v) is 15.5. The van der Waals surface area contributed by atoms with Crippen molar-refractivity contribution in [2.24, 2.45) is 0 Å². The Morgan fingerprint density at radius 3 is 2.56 bits per heavy atom. The van der Waals surface area contributed by atoms with E-state index in [1.54, 1.807) is 0 Å². The van der Waals surface area contributed by atoms with Gasteiger partial charge in [-0.1, -0.05) is 30.4 Å². The van der Waals surface area contributed by atoms with Gasteiger partial charge in [-0.05, 0) is 42.7 Å². The standard InChI is InChI=1S/C11H11NOS.C8H10O.C2H4/c14-11-2-1-7-5-8-3-4-13-10(8)6-9(7)12-11;1-2-9-8-6-4-3-5-7-8;1-2/h5-6H,1-4H2,(H,12,14);3-7H,2H2,1H3;1-2H2. The molecule has 0 spiro atoms. The van der Waals surface area contributed by atoms with Crippen LogP contribution in [0, 0.1) is 0 Å². The third-order valence-corrected chi connectivity index (χ3v) is 4.17. The van der Waals surface area contributed by atoms with E-state index in [-0.39, 0.29) is 0 Å². The van der Waals surface area contributed by atoms with Crippen LogP contribution >= 0.6 is 12.2 Å². The average molecular weight is 356 g/mol. The van der Waals surface area contributed by atoms with Crippen LogP contribution in [0.15, 0.2) is 55.6 Å². The van der Waals surface area contributed by atoms with Crippen molar-refractivity contribution in [3.63, 3.8) is 0 Å². The largest absolute Gasteiger partial charge is 0.494 e. The topological polar surface area (TPSA) is 30.5 Å². The van der Waals surface area contributed by atoms with Crippen molar-refractivity contribution < 1.29 is 9.47 Å². The molecule has 0 radical (unpaired) electrons. The Morgan fingerprint density at radius 2 is 1.84 bits per heavy atom. The smallest absolute Gasteiger partial charge is 0.124 e. The van der Waals surface area contributed by atoms with E-state index < -0.39 is 0 Å². The van der Waals surface area contributed by atoms with Crippen LogP contribution in [0.5, 0.6) is 11.5 Å². The van der Waals surface area contributed by atoms with Crippen LogP contribution in [-0.2, 0) is 12.8 Å². The Balaban J connectivity index is 0.000000179. The summed E-state index contributed by atoms with van der Waals surface area (Å²) in [6.45, 7) is 9.54. The SMILES string of the molecule is C=C.CCOc1ccccc1.S=C1CCc2cc3c(cc2N1)OCC3. The summed E-state index contributed by atoms with van der Waals surface area (Å²) in [7, 11) is 0. The number of benzene rings is 2. The van der Waals surface area contributed by atoms with Crippen LogP contribution in [0.25, 0.3) is 0 Å². The molecule has 0 saturated heterocycles. The fourth-order valence-electron chi connectivity index (χ4n) is 2.74. The lowest BCUT2D eigenvalue weighted by Gasteiger charge is -2.19. The lowest BCUT2D eigenvalue weighted by molar-refractivity contribution is 0.340. The summed E-state index contributed by atoms with van der Waals surface area (Å²) in [6, 6.07) is 14.1. The zero-order valence-electron chi connectivity index (χ0n) is 14.7. The van der Waals surface area contributed by atoms with Gasteiger partial charge in [-0.2, -0.15) is 0 Å². The maximum atomic E-state index is 5.52. The molecule has 0 amide bonds. The predicted molar refractivity (Wildman–Crippen MR) is 109 cm³/mol. The minimum absolute atomic E-state index is 0.740. The van der Waals surface area contributed by atoms with Gasteiger partial charge in [-0.25, -0.2) is 0 Å². The minimum Gasteiger partial charge on any atom is -0.494 e. The van der Waals surface area contributed by atoms with Gasteiger partial charge < -0.3 is 14.8 Å². The van der Waals surface area contributed by atoms with Gasteiger partial charge in [0.25, 0.3) is 0 Å². The first-order chi connectivity index (χ1) is 12.3. The van der Waals surface area contributed by atoms with Gasteiger partial charge in [-0.15, -0.1) is 13.2 Å². The molecule has 2 aliphatic heterocycles. The molecule has 25 heavy (non-hydrogen) atoms. The van der Waals surface area contributed by atoms with Crippen molar-refractivity contribution in [3.05, 3.63) is 66.7 Å². The third-order valence-electron chi connectivity index (χ3n) is 3.86. The predicted octanol–water partition coefficient (Wildman–Crippen LogP) is 5.19. The number of hydrogen-bond acceptors (Lipinski definition) is 3. The van der Waals surface area contributed by atoms with E-state index in [0.717, 1.165) is 54.7 Å². The molecule has 0 aromatic heterocycles. The van der Waals surface area contributed by atoms with Gasteiger partial charge >= 0.3 is 0 Å². The van der Waals surface area contributed by atoms with Crippen molar-refractivity contribution in [2.75, 3.05) is 18.5 Å². The van der Waals surface area contributed by atoms with Crippen molar-refractivity contribution >= 4 is 22.9 Å². The molecule has 2 heterocycles. The van der Waals surface area contributed by atoms with Gasteiger partial charge in [0.1, 0.15) is 11.5 Å². The first-order valence-corrected chi connectivity index (χ1v) is 8.93. The highest BCUT2D eigenvalue weighted by Crippen LogP contribution is 2.34. The Morgan fingerprint density at radius 1 is 1.08 bits per heavy atom. The monoisotopic (exact) mass is 355 g/mol. The average Bonchev–Trinajstić information content (AvgIpc) is 3.10. The fourth-order valence-corrected chi connectivity index (χ4v) is 2.96. The molecule has 3 nitrogen and oxygen atoms in total. The van der Waals surface area contributed by atoms with Gasteiger partial charge in [-0.3, -0.25) is 0 Å². The van der Waals surface area contributed by atoms with Crippen LogP contribution in [0.3, 0.4) is 0 Å². The van der Waals surface area contributed by atoms with Crippen LogP contribution < -0.4 is 14.8 Å². The quantitative estimate of drug-likeness (QED) is 0.593. The number of fused-ring (bicyclic) bond motifs is 2. The fraction of sp³-hybridized carbons (Fsp3) is 0.286. The second kappa shape index (κ2) is 9.84. The summed E-state index contributed by atoms with van der Waals surface area (Å²) in [5, 5.41) is 3.24. The lowest BCUT2D eigenvalue weighted by atomic mass is 10.00. The molecule has 0 aliphatic carbocycles. The molecule has 132 valence electrons. The Kier molecular flexibility index (Phi) is 7.48. The lowest BCUT2D eigenvalue weighted by Crippen LogP contribution is -2.17. The van der Waals surface area contributed by atoms with Gasteiger partial charge in [0, 0.05) is 24.6 Å². The summed E-state index contributed by atoms with van der Waals surface area (Å²) in [6.07, 6.45) is 3.09. The second-order valence-electron chi connectivity index (χ2n) is 5.51. The highest BCUT2D eigenvalue weighted by atomic mass is 32.1. The zero-order chi connectivity index (χ0) is 18.1. The van der Waals surface area contributed by atoms with E-state index in [2.05, 4.69) is 30.6 Å². The van der Waals surface area contributed by atoms with Crippen molar-refractivity contribution in [1.29, 1.82) is 0 Å². The first-order valence-electron chi connectivity index (χ1n) is 8.52. The van der Waals surface area contributed by atoms with Crippen molar-refractivity contribution in [1.82, 2.24) is 0 Å². The number of rotatable bonds is 2. The van der Waals surface area contributed by atoms with E-state index in [1.807, 2.05) is 37.3 Å². The van der Waals surface area contributed by atoms with Crippen molar-refractivity contribution in [2.45, 2.75) is 26.2 Å². The second-order valence-corrected chi connectivity index (χ2v) is 6.00. The number of nitrogens with one attached hydrogen (secondary N) is 1. The summed E-state index contributed by atoms with van der Waals surface area (Å²) < 4.78 is 10.7. The number of para-hydroxylation sites is 1. The number of aryl methyl sites for hydroxylation is 1. The molecule has 2 aromatic carbocycles. The van der Waals surface area contributed by atoms with E-state index in [1.165, 1.54) is 11.1 Å². The molecule has 0 bridgehead atoms. The minimum atomic E-state index is 0.740. The van der Waals surface area contributed by atoms with E-state index >= 15 is 0 Å². The van der Waals surface area contributed by atoms with E-state index in [0.29, 0.717) is 0 Å². The van der Waals surface area contributed by atoms with Crippen molar-refractivity contribution in [3.8, 4) is 11.5 Å². The van der Waals surface area contributed by atoms with Crippen LogP contribution in [0.1, 0.15) is 24.5 Å². The van der Waals surface area contributed by atoms with Gasteiger partial charge in [0.15, 0.2) is 0 Å². The molecule has 0 fully saturated rings. The van der Waals surface area contributed by atoms with Crippen LogP contribution in [-0.4, -0.2) is 18.2 Å². The Labute approximate surface area is 155 Å². The van der Waals surface area contributed by atoms with E-state index in [4.69, 9.17) is 21.7 Å². The molecule has 0 saturated carbocycles. The molecule has 4 rings (SSSR count). The Bertz CT molecular complexity index is 701. The first kappa shape index (κ1) is 19.0. The molecule has 2 aliphatic rings. The highest BCUT2D eigenvalue weighted by molar-refractivity contribution is 7.80. The third kappa shape index (κ3) is 5.33. The molecule has 0 atom stereocenters. The molecule has 0 unspecified atom stereocenters. The number of anilines is 1. The van der Waals surface area contributed by atoms with Crippen LogP contribution in [0.4, 0.5) is 5.69 Å². The normalized spacial score (nSPS) is 13.6. The van der Waals surface area contributed by atoms with Gasteiger partial charge in [0.2, 0.25) is 0 Å². The summed E-state index contributed by atoms with van der Waals surface area (Å²) in [5.41, 5.74) is 3.86. The molecule has 4 heteroatoms. The molecular formula is C21H25NO2S. The molecule has 2 aromatic rings. The van der Waals surface area contributed by atoms with Gasteiger partial charge in [0.05, 0.1) is 18.2 Å². The maximum Gasteiger partial charge on any atom is 0.124 e. The molecular weight excluding hydrogens is 330 g/mol. The number of thiocarbonyl (C=S) groups is 1. The number of hydrogen-bond donors (Lipinski definition) is 1. The highest BCUT2D eigenvalue weighted by Gasteiger charge is 2.18. The molecule has 1 N–H and O–H groups in total. The Hall–Kier alpha value is -2.33. The number of ether oxygens (including phenoxy) is 2. The maximum absolute atomic E-state index is 5.52.